The van der Waals surface area contributed by atoms with Crippen molar-refractivity contribution in [2.75, 3.05) is 11.9 Å². The first kappa shape index (κ1) is 21.6. The zero-order valence-corrected chi connectivity index (χ0v) is 20.0. The van der Waals surface area contributed by atoms with E-state index in [0.717, 1.165) is 51.9 Å². The van der Waals surface area contributed by atoms with Crippen LogP contribution in [0.1, 0.15) is 64.7 Å². The van der Waals surface area contributed by atoms with Crippen molar-refractivity contribution in [3.05, 3.63) is 87.4 Å². The molecule has 1 heterocycles. The quantitative estimate of drug-likeness (QED) is 0.454. The number of aliphatic hydroxyl groups is 1. The summed E-state index contributed by atoms with van der Waals surface area (Å²) in [7, 11) is 0. The predicted molar refractivity (Wildman–Crippen MR) is 134 cm³/mol. The molecule has 3 aromatic rings. The van der Waals surface area contributed by atoms with Crippen LogP contribution in [0, 0.1) is 6.92 Å². The third-order valence-electron chi connectivity index (χ3n) is 8.21. The van der Waals surface area contributed by atoms with Gasteiger partial charge in [-0.2, -0.15) is 0 Å². The summed E-state index contributed by atoms with van der Waals surface area (Å²) in [5.74, 6) is 0.0692. The van der Waals surface area contributed by atoms with Gasteiger partial charge >= 0.3 is 0 Å². The molecule has 3 aromatic carbocycles. The fourth-order valence-corrected chi connectivity index (χ4v) is 6.04. The van der Waals surface area contributed by atoms with Crippen molar-refractivity contribution in [1.82, 2.24) is 0 Å². The number of rotatable bonds is 5. The van der Waals surface area contributed by atoms with E-state index in [4.69, 9.17) is 11.6 Å². The number of hydrogen-bond acceptors (Lipinski definition) is 3. The number of anilines is 1. The van der Waals surface area contributed by atoms with E-state index in [2.05, 4.69) is 35.6 Å². The lowest BCUT2D eigenvalue weighted by Gasteiger charge is -2.15. The van der Waals surface area contributed by atoms with Crippen molar-refractivity contribution in [3.8, 4) is 11.1 Å². The van der Waals surface area contributed by atoms with Crippen LogP contribution in [-0.2, 0) is 15.6 Å². The number of benzene rings is 3. The molecule has 2 saturated carbocycles. The van der Waals surface area contributed by atoms with Gasteiger partial charge in [-0.1, -0.05) is 48.0 Å². The van der Waals surface area contributed by atoms with Crippen molar-refractivity contribution >= 4 is 29.0 Å². The van der Waals surface area contributed by atoms with Gasteiger partial charge in [0.15, 0.2) is 5.78 Å². The molecule has 1 amide bonds. The number of carbonyl (C=O) groups excluding carboxylic acids is 2. The molecular formula is C29H26ClNO3. The lowest BCUT2D eigenvalue weighted by molar-refractivity contribution is -0.118. The van der Waals surface area contributed by atoms with E-state index < -0.39 is 5.41 Å². The molecule has 2 atom stereocenters. The van der Waals surface area contributed by atoms with Crippen LogP contribution in [0.2, 0.25) is 5.02 Å². The third kappa shape index (κ3) is 3.02. The maximum absolute atomic E-state index is 13.2. The Morgan fingerprint density at radius 2 is 1.85 bits per heavy atom. The SMILES string of the molecule is CC(=O)c1cc(C2CC23C(=O)Nc2cc(Cl)c(-c4ccc(C5(CO)CC5)cc4)cc23)ccc1C. The summed E-state index contributed by atoms with van der Waals surface area (Å²) >= 11 is 6.67. The summed E-state index contributed by atoms with van der Waals surface area (Å²) < 4.78 is 0. The lowest BCUT2D eigenvalue weighted by Crippen LogP contribution is -2.21. The molecule has 4 nitrogen and oxygen atoms in total. The highest BCUT2D eigenvalue weighted by Crippen LogP contribution is 2.65. The van der Waals surface area contributed by atoms with Crippen LogP contribution < -0.4 is 5.32 Å². The van der Waals surface area contributed by atoms with Crippen molar-refractivity contribution in [2.24, 2.45) is 0 Å². The van der Waals surface area contributed by atoms with E-state index in [1.54, 1.807) is 6.92 Å². The van der Waals surface area contributed by atoms with Gasteiger partial charge in [-0.3, -0.25) is 9.59 Å². The van der Waals surface area contributed by atoms with Crippen LogP contribution in [0.5, 0.6) is 0 Å². The number of ketones is 1. The Morgan fingerprint density at radius 1 is 1.12 bits per heavy atom. The fourth-order valence-electron chi connectivity index (χ4n) is 5.77. The average molecular weight is 472 g/mol. The Kier molecular flexibility index (Phi) is 4.61. The summed E-state index contributed by atoms with van der Waals surface area (Å²) in [6.45, 7) is 3.69. The highest BCUT2D eigenvalue weighted by atomic mass is 35.5. The second-order valence-electron chi connectivity index (χ2n) is 10.2. The van der Waals surface area contributed by atoms with Crippen molar-refractivity contribution in [3.63, 3.8) is 0 Å². The molecule has 5 heteroatoms. The van der Waals surface area contributed by atoms with Crippen LogP contribution in [-0.4, -0.2) is 23.4 Å². The van der Waals surface area contributed by atoms with Gasteiger partial charge in [0.25, 0.3) is 0 Å². The molecule has 3 aliphatic rings. The summed E-state index contributed by atoms with van der Waals surface area (Å²) in [6.07, 6.45) is 2.75. The molecule has 172 valence electrons. The minimum absolute atomic E-state index is 0.000337. The molecule has 2 unspecified atom stereocenters. The van der Waals surface area contributed by atoms with Crippen molar-refractivity contribution in [2.45, 2.75) is 49.9 Å². The highest BCUT2D eigenvalue weighted by molar-refractivity contribution is 6.34. The van der Waals surface area contributed by atoms with Crippen LogP contribution in [0.15, 0.2) is 54.6 Å². The van der Waals surface area contributed by atoms with Gasteiger partial charge in [-0.25, -0.2) is 0 Å². The van der Waals surface area contributed by atoms with E-state index in [0.29, 0.717) is 17.0 Å². The molecule has 0 aromatic heterocycles. The third-order valence-corrected chi connectivity index (χ3v) is 8.52. The predicted octanol–water partition coefficient (Wildman–Crippen LogP) is 5.92. The number of Topliss-reactive ketones (excluding diaryl/α,β-unsaturated/α-hetero) is 1. The number of carbonyl (C=O) groups is 2. The Bertz CT molecular complexity index is 1370. The number of aliphatic hydroxyl groups excluding tert-OH is 1. The zero-order chi connectivity index (χ0) is 23.8. The molecule has 6 rings (SSSR count). The summed E-state index contributed by atoms with van der Waals surface area (Å²) in [6, 6.07) is 18.1. The van der Waals surface area contributed by atoms with E-state index >= 15 is 0 Å². The monoisotopic (exact) mass is 471 g/mol. The van der Waals surface area contributed by atoms with Gasteiger partial charge in [0.2, 0.25) is 5.91 Å². The molecule has 2 fully saturated rings. The second-order valence-corrected chi connectivity index (χ2v) is 10.6. The average Bonchev–Trinajstić information content (AvgIpc) is 3.73. The summed E-state index contributed by atoms with van der Waals surface area (Å²) in [4.78, 5) is 25.3. The van der Waals surface area contributed by atoms with Gasteiger partial charge in [-0.15, -0.1) is 0 Å². The molecular weight excluding hydrogens is 446 g/mol. The van der Waals surface area contributed by atoms with E-state index in [1.165, 1.54) is 0 Å². The number of hydrogen-bond donors (Lipinski definition) is 2. The van der Waals surface area contributed by atoms with E-state index in [9.17, 15) is 14.7 Å². The lowest BCUT2D eigenvalue weighted by atomic mass is 9.88. The first-order chi connectivity index (χ1) is 16.3. The second kappa shape index (κ2) is 7.27. The van der Waals surface area contributed by atoms with E-state index in [1.807, 2.05) is 31.2 Å². The standard InChI is InChI=1S/C29H26ClNO3/c1-16-3-4-19(11-21(16)17(2)33)24-14-29(24)23-12-22(25(30)13-26(23)31-27(29)34)18-5-7-20(8-6-18)28(15-32)9-10-28/h3-8,11-13,24,32H,9-10,14-15H2,1-2H3,(H,31,34). The molecule has 1 aliphatic heterocycles. The molecule has 0 bridgehead atoms. The Labute approximate surface area is 204 Å². The summed E-state index contributed by atoms with van der Waals surface area (Å²) in [5, 5.41) is 13.4. The Balaban J connectivity index is 1.38. The largest absolute Gasteiger partial charge is 0.395 e. The van der Waals surface area contributed by atoms with Gasteiger partial charge in [0.05, 0.1) is 17.0 Å². The molecule has 0 saturated heterocycles. The molecule has 34 heavy (non-hydrogen) atoms. The minimum Gasteiger partial charge on any atom is -0.395 e. The zero-order valence-electron chi connectivity index (χ0n) is 19.2. The topological polar surface area (TPSA) is 66.4 Å². The number of amides is 1. The van der Waals surface area contributed by atoms with Gasteiger partial charge in [0.1, 0.15) is 0 Å². The first-order valence-corrected chi connectivity index (χ1v) is 12.2. The number of fused-ring (bicyclic) bond motifs is 2. The first-order valence-electron chi connectivity index (χ1n) is 11.8. The fraction of sp³-hybridized carbons (Fsp3) is 0.310. The van der Waals surface area contributed by atoms with Crippen LogP contribution in [0.3, 0.4) is 0 Å². The van der Waals surface area contributed by atoms with E-state index in [-0.39, 0.29) is 29.6 Å². The number of halogens is 1. The van der Waals surface area contributed by atoms with Gasteiger partial charge in [-0.05, 0) is 79.1 Å². The van der Waals surface area contributed by atoms with Crippen molar-refractivity contribution in [1.29, 1.82) is 0 Å². The molecule has 2 aliphatic carbocycles. The van der Waals surface area contributed by atoms with Crippen LogP contribution in [0.25, 0.3) is 11.1 Å². The normalized spacial score (nSPS) is 23.5. The van der Waals surface area contributed by atoms with Gasteiger partial charge < -0.3 is 10.4 Å². The van der Waals surface area contributed by atoms with Crippen LogP contribution >= 0.6 is 11.6 Å². The van der Waals surface area contributed by atoms with Crippen LogP contribution in [0.4, 0.5) is 5.69 Å². The molecule has 0 radical (unpaired) electrons. The van der Waals surface area contributed by atoms with Crippen molar-refractivity contribution < 1.29 is 14.7 Å². The Hall–Kier alpha value is -2.95. The molecule has 2 N–H and O–H groups in total. The number of nitrogens with one attached hydrogen (secondary N) is 1. The molecule has 1 spiro atoms. The van der Waals surface area contributed by atoms with Gasteiger partial charge in [0, 0.05) is 28.1 Å². The Morgan fingerprint density at radius 3 is 2.50 bits per heavy atom. The smallest absolute Gasteiger partial charge is 0.235 e. The highest BCUT2D eigenvalue weighted by Gasteiger charge is 2.65. The minimum atomic E-state index is -0.618. The number of aryl methyl sites for hydroxylation is 1. The summed E-state index contributed by atoms with van der Waals surface area (Å²) in [5.41, 5.74) is 6.80. The maximum Gasteiger partial charge on any atom is 0.235 e. The maximum atomic E-state index is 13.2.